The Balaban J connectivity index is 1.73. The molecule has 1 amide bonds. The molecule has 1 unspecified atom stereocenters. The number of anilines is 1. The number of ether oxygens (including phenoxy) is 2. The Morgan fingerprint density at radius 3 is 2.86 bits per heavy atom. The van der Waals surface area contributed by atoms with Gasteiger partial charge in [0.1, 0.15) is 18.5 Å². The topological polar surface area (TPSA) is 50.9 Å². The summed E-state index contributed by atoms with van der Waals surface area (Å²) in [6.45, 7) is 3.20. The molecule has 1 aliphatic heterocycles. The molecule has 0 aliphatic carbocycles. The molecule has 0 aromatic heterocycles. The third-order valence-corrected chi connectivity index (χ3v) is 3.23. The molecule has 0 bridgehead atoms. The molecule has 4 nitrogen and oxygen atoms in total. The molecule has 3 rings (SSSR count). The van der Waals surface area contributed by atoms with Gasteiger partial charge >= 0.3 is 0 Å². The summed E-state index contributed by atoms with van der Waals surface area (Å²) in [5, 5.41) is 2.89. The average Bonchev–Trinajstić information content (AvgIpc) is 3.29. The monoisotopic (exact) mass is 283 g/mol. The molecule has 1 aliphatic rings. The van der Waals surface area contributed by atoms with Gasteiger partial charge in [-0.3, -0.25) is 4.79 Å². The summed E-state index contributed by atoms with van der Waals surface area (Å²) < 4.78 is 10.8. The predicted octanol–water partition coefficient (Wildman–Crippen LogP) is 3.02. The minimum absolute atomic E-state index is 0.165. The van der Waals surface area contributed by atoms with Crippen LogP contribution in [0.15, 0.2) is 48.5 Å². The third-order valence-electron chi connectivity index (χ3n) is 3.23. The van der Waals surface area contributed by atoms with Crippen LogP contribution in [0, 0.1) is 6.92 Å². The highest BCUT2D eigenvalue weighted by molar-refractivity contribution is 6.06. The lowest BCUT2D eigenvalue weighted by atomic mass is 10.1. The number of nitrogens with one attached hydrogen (secondary N) is 1. The fourth-order valence-corrected chi connectivity index (χ4v) is 2.05. The second-order valence-electron chi connectivity index (χ2n) is 5.09. The molecule has 1 atom stereocenters. The first-order chi connectivity index (χ1) is 10.2. The molecule has 0 spiro atoms. The van der Waals surface area contributed by atoms with Gasteiger partial charge in [-0.05, 0) is 36.8 Å². The van der Waals surface area contributed by atoms with Gasteiger partial charge in [-0.2, -0.15) is 0 Å². The van der Waals surface area contributed by atoms with E-state index < -0.39 is 0 Å². The average molecular weight is 283 g/mol. The van der Waals surface area contributed by atoms with Crippen molar-refractivity contribution in [1.29, 1.82) is 0 Å². The number of amides is 1. The summed E-state index contributed by atoms with van der Waals surface area (Å²) >= 11 is 0. The Hall–Kier alpha value is -2.33. The maximum Gasteiger partial charge on any atom is 0.259 e. The summed E-state index contributed by atoms with van der Waals surface area (Å²) in [5.74, 6) is 0.408. The van der Waals surface area contributed by atoms with Crippen LogP contribution < -0.4 is 10.1 Å². The number of para-hydroxylation sites is 1. The van der Waals surface area contributed by atoms with Crippen LogP contribution in [0.25, 0.3) is 0 Å². The van der Waals surface area contributed by atoms with Gasteiger partial charge in [0.15, 0.2) is 0 Å². The second-order valence-corrected chi connectivity index (χ2v) is 5.09. The lowest BCUT2D eigenvalue weighted by Gasteiger charge is -2.11. The largest absolute Gasteiger partial charge is 0.490 e. The van der Waals surface area contributed by atoms with Crippen LogP contribution in [0.4, 0.5) is 5.69 Å². The van der Waals surface area contributed by atoms with E-state index in [2.05, 4.69) is 5.32 Å². The normalized spacial score (nSPS) is 16.3. The van der Waals surface area contributed by atoms with Crippen molar-refractivity contribution in [2.45, 2.75) is 13.0 Å². The van der Waals surface area contributed by atoms with E-state index in [1.165, 1.54) is 0 Å². The quantitative estimate of drug-likeness (QED) is 0.858. The van der Waals surface area contributed by atoms with Gasteiger partial charge in [0, 0.05) is 5.69 Å². The molecule has 21 heavy (non-hydrogen) atoms. The second kappa shape index (κ2) is 5.97. The van der Waals surface area contributed by atoms with E-state index in [0.29, 0.717) is 17.9 Å². The molecule has 4 heteroatoms. The van der Waals surface area contributed by atoms with Gasteiger partial charge in [0.05, 0.1) is 12.2 Å². The highest BCUT2D eigenvalue weighted by Crippen LogP contribution is 2.21. The van der Waals surface area contributed by atoms with Gasteiger partial charge in [-0.25, -0.2) is 0 Å². The molecule has 0 saturated carbocycles. The Labute approximate surface area is 123 Å². The smallest absolute Gasteiger partial charge is 0.259 e. The van der Waals surface area contributed by atoms with E-state index in [0.717, 1.165) is 17.9 Å². The summed E-state index contributed by atoms with van der Waals surface area (Å²) in [6.07, 6.45) is 0.165. The molecule has 108 valence electrons. The number of benzene rings is 2. The number of carbonyl (C=O) groups is 1. The highest BCUT2D eigenvalue weighted by Gasteiger charge is 2.24. The van der Waals surface area contributed by atoms with E-state index in [1.54, 1.807) is 12.1 Å². The fraction of sp³-hybridized carbons (Fsp3) is 0.235. The van der Waals surface area contributed by atoms with Crippen molar-refractivity contribution in [2.75, 3.05) is 18.5 Å². The summed E-state index contributed by atoms with van der Waals surface area (Å²) in [4.78, 5) is 12.4. The van der Waals surface area contributed by atoms with Gasteiger partial charge < -0.3 is 14.8 Å². The zero-order valence-electron chi connectivity index (χ0n) is 11.8. The van der Waals surface area contributed by atoms with Crippen molar-refractivity contribution in [2.24, 2.45) is 0 Å². The zero-order chi connectivity index (χ0) is 14.7. The Bertz CT molecular complexity index is 650. The first kappa shape index (κ1) is 13.6. The molecule has 1 saturated heterocycles. The lowest BCUT2D eigenvalue weighted by Crippen LogP contribution is -2.15. The molecular formula is C17H17NO3. The fourth-order valence-electron chi connectivity index (χ4n) is 2.05. The maximum atomic E-state index is 12.4. The van der Waals surface area contributed by atoms with E-state index in [-0.39, 0.29) is 12.0 Å². The summed E-state index contributed by atoms with van der Waals surface area (Å²) in [6, 6.07) is 14.9. The zero-order valence-corrected chi connectivity index (χ0v) is 11.8. The Morgan fingerprint density at radius 1 is 1.29 bits per heavy atom. The number of hydrogen-bond donors (Lipinski definition) is 1. The molecule has 2 aromatic carbocycles. The Morgan fingerprint density at radius 2 is 2.10 bits per heavy atom. The number of hydrogen-bond acceptors (Lipinski definition) is 3. The van der Waals surface area contributed by atoms with E-state index in [1.807, 2.05) is 43.3 Å². The van der Waals surface area contributed by atoms with Crippen LogP contribution in [0.2, 0.25) is 0 Å². The van der Waals surface area contributed by atoms with Crippen LogP contribution >= 0.6 is 0 Å². The van der Waals surface area contributed by atoms with Crippen molar-refractivity contribution < 1.29 is 14.3 Å². The van der Waals surface area contributed by atoms with Crippen molar-refractivity contribution in [1.82, 2.24) is 0 Å². The van der Waals surface area contributed by atoms with E-state index in [9.17, 15) is 4.79 Å². The minimum Gasteiger partial charge on any atom is -0.490 e. The van der Waals surface area contributed by atoms with Crippen LogP contribution in [0.3, 0.4) is 0 Å². The van der Waals surface area contributed by atoms with Crippen LogP contribution in [-0.2, 0) is 4.74 Å². The van der Waals surface area contributed by atoms with Crippen LogP contribution in [0.1, 0.15) is 15.9 Å². The van der Waals surface area contributed by atoms with Crippen molar-refractivity contribution >= 4 is 11.6 Å². The third kappa shape index (κ3) is 3.61. The maximum absolute atomic E-state index is 12.4. The highest BCUT2D eigenvalue weighted by atomic mass is 16.6. The molecule has 1 fully saturated rings. The van der Waals surface area contributed by atoms with Crippen LogP contribution in [-0.4, -0.2) is 25.2 Å². The SMILES string of the molecule is Cc1cccc(NC(=O)c2ccccc2OCC2CO2)c1. The number of epoxide rings is 1. The van der Waals surface area contributed by atoms with E-state index in [4.69, 9.17) is 9.47 Å². The van der Waals surface area contributed by atoms with Gasteiger partial charge in [0.2, 0.25) is 0 Å². The lowest BCUT2D eigenvalue weighted by molar-refractivity contribution is 0.102. The van der Waals surface area contributed by atoms with Crippen molar-refractivity contribution in [3.8, 4) is 5.75 Å². The van der Waals surface area contributed by atoms with Gasteiger partial charge in [0.25, 0.3) is 5.91 Å². The van der Waals surface area contributed by atoms with Gasteiger partial charge in [-0.1, -0.05) is 24.3 Å². The molecular weight excluding hydrogens is 266 g/mol. The first-order valence-corrected chi connectivity index (χ1v) is 6.94. The molecule has 0 radical (unpaired) electrons. The molecule has 2 aromatic rings. The van der Waals surface area contributed by atoms with Crippen molar-refractivity contribution in [3.05, 3.63) is 59.7 Å². The number of rotatable bonds is 5. The summed E-state index contributed by atoms with van der Waals surface area (Å²) in [7, 11) is 0. The predicted molar refractivity (Wildman–Crippen MR) is 80.8 cm³/mol. The van der Waals surface area contributed by atoms with Crippen LogP contribution in [0.5, 0.6) is 5.75 Å². The number of carbonyl (C=O) groups excluding carboxylic acids is 1. The van der Waals surface area contributed by atoms with Gasteiger partial charge in [-0.15, -0.1) is 0 Å². The number of aryl methyl sites for hydroxylation is 1. The Kier molecular flexibility index (Phi) is 3.88. The van der Waals surface area contributed by atoms with E-state index >= 15 is 0 Å². The summed E-state index contributed by atoms with van der Waals surface area (Å²) in [5.41, 5.74) is 2.41. The molecule has 1 N–H and O–H groups in total. The minimum atomic E-state index is -0.173. The first-order valence-electron chi connectivity index (χ1n) is 6.94. The van der Waals surface area contributed by atoms with Crippen molar-refractivity contribution in [3.63, 3.8) is 0 Å². The standard InChI is InChI=1S/C17H17NO3/c1-12-5-4-6-13(9-12)18-17(19)15-7-2-3-8-16(15)21-11-14-10-20-14/h2-9,14H,10-11H2,1H3,(H,18,19). The molecule has 1 heterocycles.